The molecule has 0 aliphatic heterocycles. The lowest BCUT2D eigenvalue weighted by molar-refractivity contribution is 0.0977. The first-order valence-corrected chi connectivity index (χ1v) is 10.4. The Bertz CT molecular complexity index is 1300. The number of nitrogens with one attached hydrogen (secondary N) is 2. The maximum absolute atomic E-state index is 12.5. The molecule has 5 nitrogen and oxygen atoms in total. The van der Waals surface area contributed by atoms with Crippen molar-refractivity contribution in [2.45, 2.75) is 27.7 Å². The van der Waals surface area contributed by atoms with Crippen molar-refractivity contribution in [3.63, 3.8) is 0 Å². The molecule has 6 heteroatoms. The molecule has 0 saturated heterocycles. The average molecular weight is 430 g/mol. The van der Waals surface area contributed by atoms with Crippen molar-refractivity contribution < 1.29 is 9.21 Å². The summed E-state index contributed by atoms with van der Waals surface area (Å²) < 4.78 is 5.91. The topological polar surface area (TPSA) is 67.2 Å². The first kappa shape index (κ1) is 20.8. The summed E-state index contributed by atoms with van der Waals surface area (Å²) in [5, 5.41) is 6.00. The average Bonchev–Trinajstić information content (AvgIpc) is 3.12. The summed E-state index contributed by atoms with van der Waals surface area (Å²) in [5.74, 6) is 0.324. The van der Waals surface area contributed by atoms with Crippen LogP contribution in [0.2, 0.25) is 0 Å². The van der Waals surface area contributed by atoms with Crippen molar-refractivity contribution >= 4 is 40.0 Å². The highest BCUT2D eigenvalue weighted by Gasteiger charge is 2.12. The molecule has 3 aromatic carbocycles. The van der Waals surface area contributed by atoms with Crippen LogP contribution in [0.5, 0.6) is 0 Å². The van der Waals surface area contributed by atoms with Crippen molar-refractivity contribution in [1.82, 2.24) is 10.3 Å². The van der Waals surface area contributed by atoms with E-state index < -0.39 is 0 Å². The van der Waals surface area contributed by atoms with Crippen LogP contribution in [0.15, 0.2) is 59.0 Å². The lowest BCUT2D eigenvalue weighted by Crippen LogP contribution is -2.34. The van der Waals surface area contributed by atoms with E-state index in [2.05, 4.69) is 41.6 Å². The SMILES string of the molecule is Cc1cc(C)cc(C(=O)NC(=S)Nc2ccc3oc(-c4ccc(C)c(C)c4)nc3c2)c1. The Morgan fingerprint density at radius 1 is 0.903 bits per heavy atom. The molecule has 0 spiro atoms. The van der Waals surface area contributed by atoms with E-state index in [0.29, 0.717) is 22.6 Å². The lowest BCUT2D eigenvalue weighted by Gasteiger charge is -2.10. The predicted molar refractivity (Wildman–Crippen MR) is 129 cm³/mol. The van der Waals surface area contributed by atoms with Crippen LogP contribution in [0.3, 0.4) is 0 Å². The zero-order valence-corrected chi connectivity index (χ0v) is 18.7. The number of hydrogen-bond acceptors (Lipinski definition) is 4. The van der Waals surface area contributed by atoms with Crippen LogP contribution in [-0.2, 0) is 0 Å². The maximum Gasteiger partial charge on any atom is 0.257 e. The van der Waals surface area contributed by atoms with Crippen LogP contribution in [0.4, 0.5) is 5.69 Å². The van der Waals surface area contributed by atoms with Gasteiger partial charge in [0.2, 0.25) is 5.89 Å². The number of oxazole rings is 1. The highest BCUT2D eigenvalue weighted by molar-refractivity contribution is 7.80. The van der Waals surface area contributed by atoms with E-state index in [1.807, 2.05) is 56.3 Å². The number of hydrogen-bond donors (Lipinski definition) is 2. The largest absolute Gasteiger partial charge is 0.436 e. The number of fused-ring (bicyclic) bond motifs is 1. The Morgan fingerprint density at radius 2 is 1.65 bits per heavy atom. The van der Waals surface area contributed by atoms with Crippen molar-refractivity contribution in [2.24, 2.45) is 0 Å². The molecule has 4 aromatic rings. The molecule has 156 valence electrons. The molecule has 2 N–H and O–H groups in total. The molecule has 0 aliphatic rings. The van der Waals surface area contributed by atoms with Crippen LogP contribution in [-0.4, -0.2) is 16.0 Å². The fourth-order valence-electron chi connectivity index (χ4n) is 3.45. The molecule has 1 aromatic heterocycles. The van der Waals surface area contributed by atoms with E-state index in [1.54, 1.807) is 0 Å². The number of nitrogens with zero attached hydrogens (tertiary/aromatic N) is 1. The van der Waals surface area contributed by atoms with Gasteiger partial charge >= 0.3 is 0 Å². The smallest absolute Gasteiger partial charge is 0.257 e. The number of aromatic nitrogens is 1. The Balaban J connectivity index is 1.50. The molecule has 0 bridgehead atoms. The lowest BCUT2D eigenvalue weighted by atomic mass is 10.1. The minimum Gasteiger partial charge on any atom is -0.436 e. The normalized spacial score (nSPS) is 10.8. The standard InChI is InChI=1S/C25H23N3O2S/c1-14-9-15(2)11-19(10-14)23(29)28-25(31)26-20-7-8-22-21(13-20)27-24(30-22)18-6-5-16(3)17(4)12-18/h5-13H,1-4H3,(H2,26,28,29,31). The fraction of sp³-hybridized carbons (Fsp3) is 0.160. The Hall–Kier alpha value is -3.51. The van der Waals surface area contributed by atoms with Gasteiger partial charge in [-0.3, -0.25) is 10.1 Å². The number of aryl methyl sites for hydroxylation is 4. The summed E-state index contributed by atoms with van der Waals surface area (Å²) >= 11 is 5.32. The molecule has 0 radical (unpaired) electrons. The van der Waals surface area contributed by atoms with Crippen molar-refractivity contribution in [1.29, 1.82) is 0 Å². The summed E-state index contributed by atoms with van der Waals surface area (Å²) in [5.41, 5.74) is 8.09. The van der Waals surface area contributed by atoms with Gasteiger partial charge in [0.15, 0.2) is 10.7 Å². The minimum atomic E-state index is -0.246. The second-order valence-electron chi connectivity index (χ2n) is 7.79. The van der Waals surface area contributed by atoms with Gasteiger partial charge in [0.25, 0.3) is 5.91 Å². The van der Waals surface area contributed by atoms with Gasteiger partial charge in [-0.2, -0.15) is 0 Å². The van der Waals surface area contributed by atoms with Crippen LogP contribution >= 0.6 is 12.2 Å². The Labute approximate surface area is 186 Å². The fourth-order valence-corrected chi connectivity index (χ4v) is 3.66. The van der Waals surface area contributed by atoms with E-state index in [1.165, 1.54) is 11.1 Å². The van der Waals surface area contributed by atoms with Crippen LogP contribution in [0, 0.1) is 27.7 Å². The van der Waals surface area contributed by atoms with Gasteiger partial charge < -0.3 is 9.73 Å². The van der Waals surface area contributed by atoms with Crippen molar-refractivity contribution in [3.05, 3.63) is 82.4 Å². The number of carbonyl (C=O) groups is 1. The zero-order valence-electron chi connectivity index (χ0n) is 17.9. The number of anilines is 1. The number of rotatable bonds is 3. The van der Waals surface area contributed by atoms with Gasteiger partial charge in [-0.05, 0) is 93.5 Å². The first-order chi connectivity index (χ1) is 14.8. The Kier molecular flexibility index (Phi) is 5.57. The first-order valence-electron chi connectivity index (χ1n) is 9.97. The van der Waals surface area contributed by atoms with Crippen molar-refractivity contribution in [3.8, 4) is 11.5 Å². The molecule has 4 rings (SSSR count). The predicted octanol–water partition coefficient (Wildman–Crippen LogP) is 5.86. The van der Waals surface area contributed by atoms with E-state index in [9.17, 15) is 4.79 Å². The highest BCUT2D eigenvalue weighted by Crippen LogP contribution is 2.27. The summed E-state index contributed by atoms with van der Waals surface area (Å²) in [6, 6.07) is 17.3. The molecule has 0 atom stereocenters. The van der Waals surface area contributed by atoms with Gasteiger partial charge in [0, 0.05) is 16.8 Å². The maximum atomic E-state index is 12.5. The molecule has 31 heavy (non-hydrogen) atoms. The van der Waals surface area contributed by atoms with E-state index >= 15 is 0 Å². The minimum absolute atomic E-state index is 0.224. The molecule has 0 fully saturated rings. The van der Waals surface area contributed by atoms with Crippen LogP contribution < -0.4 is 10.6 Å². The monoisotopic (exact) mass is 429 g/mol. The molecular weight excluding hydrogens is 406 g/mol. The van der Waals surface area contributed by atoms with Gasteiger partial charge in [-0.15, -0.1) is 0 Å². The van der Waals surface area contributed by atoms with E-state index in [0.717, 1.165) is 22.4 Å². The molecule has 0 unspecified atom stereocenters. The third kappa shape index (κ3) is 4.64. The van der Waals surface area contributed by atoms with Crippen LogP contribution in [0.1, 0.15) is 32.6 Å². The highest BCUT2D eigenvalue weighted by atomic mass is 32.1. The third-order valence-electron chi connectivity index (χ3n) is 5.11. The second-order valence-corrected chi connectivity index (χ2v) is 8.19. The summed E-state index contributed by atoms with van der Waals surface area (Å²) in [6.07, 6.45) is 0. The summed E-state index contributed by atoms with van der Waals surface area (Å²) in [6.45, 7) is 8.06. The molecule has 0 saturated carbocycles. The summed E-state index contributed by atoms with van der Waals surface area (Å²) in [7, 11) is 0. The molecule has 1 amide bonds. The number of amides is 1. The molecule has 0 aliphatic carbocycles. The van der Waals surface area contributed by atoms with E-state index in [-0.39, 0.29) is 11.0 Å². The van der Waals surface area contributed by atoms with Gasteiger partial charge in [0.1, 0.15) is 5.52 Å². The van der Waals surface area contributed by atoms with Gasteiger partial charge in [-0.25, -0.2) is 4.98 Å². The third-order valence-corrected chi connectivity index (χ3v) is 5.31. The Morgan fingerprint density at radius 3 is 2.35 bits per heavy atom. The number of carbonyl (C=O) groups excluding carboxylic acids is 1. The quantitative estimate of drug-likeness (QED) is 0.400. The number of benzene rings is 3. The second kappa shape index (κ2) is 8.32. The van der Waals surface area contributed by atoms with Gasteiger partial charge in [0.05, 0.1) is 0 Å². The zero-order chi connectivity index (χ0) is 22.1. The van der Waals surface area contributed by atoms with E-state index in [4.69, 9.17) is 16.6 Å². The molecule has 1 heterocycles. The van der Waals surface area contributed by atoms with Gasteiger partial charge in [-0.1, -0.05) is 23.3 Å². The molecular formula is C25H23N3O2S. The summed E-state index contributed by atoms with van der Waals surface area (Å²) in [4.78, 5) is 17.1. The van der Waals surface area contributed by atoms with Crippen molar-refractivity contribution in [2.75, 3.05) is 5.32 Å². The number of thiocarbonyl (C=S) groups is 1. The van der Waals surface area contributed by atoms with Crippen LogP contribution in [0.25, 0.3) is 22.6 Å².